The Kier molecular flexibility index (Phi) is 27.2. The zero-order valence-corrected chi connectivity index (χ0v) is 33.3. The van der Waals surface area contributed by atoms with Gasteiger partial charge in [0.15, 0.2) is 5.79 Å². The van der Waals surface area contributed by atoms with Gasteiger partial charge in [-0.3, -0.25) is 0 Å². The van der Waals surface area contributed by atoms with Crippen LogP contribution >= 0.6 is 0 Å². The molecule has 0 aromatic rings. The van der Waals surface area contributed by atoms with Crippen molar-refractivity contribution in [3.8, 4) is 0 Å². The Balaban J connectivity index is 1.67. The van der Waals surface area contributed by atoms with Crippen LogP contribution in [0.5, 0.6) is 0 Å². The Morgan fingerprint density at radius 2 is 0.960 bits per heavy atom. The molecule has 5 heteroatoms. The molecule has 5 nitrogen and oxygen atoms in total. The highest BCUT2D eigenvalue weighted by Crippen LogP contribution is 2.41. The van der Waals surface area contributed by atoms with Crippen LogP contribution < -0.4 is 0 Å². The first kappa shape index (κ1) is 44.9. The van der Waals surface area contributed by atoms with Crippen LogP contribution in [0.25, 0.3) is 0 Å². The largest absolute Gasteiger partial charge is 0.389 e. The summed E-state index contributed by atoms with van der Waals surface area (Å²) in [5, 5.41) is 11.1. The van der Waals surface area contributed by atoms with E-state index in [9.17, 15) is 5.11 Å². The first-order valence-corrected chi connectivity index (χ1v) is 21.4. The van der Waals surface area contributed by atoms with Gasteiger partial charge in [0, 0.05) is 33.0 Å². The fraction of sp³-hybridized carbons (Fsp3) is 0.822. The first-order chi connectivity index (χ1) is 24.5. The summed E-state index contributed by atoms with van der Waals surface area (Å²) in [6.07, 6.45) is 49.3. The van der Waals surface area contributed by atoms with Crippen molar-refractivity contribution in [2.45, 2.75) is 211 Å². The van der Waals surface area contributed by atoms with Crippen LogP contribution in [-0.4, -0.2) is 67.5 Å². The van der Waals surface area contributed by atoms with Crippen molar-refractivity contribution in [1.29, 1.82) is 0 Å². The third kappa shape index (κ3) is 20.7. The number of nitrogens with zero attached hydrogens (tertiary/aromatic N) is 1. The van der Waals surface area contributed by atoms with E-state index in [1.165, 1.54) is 128 Å². The molecular weight excluding hydrogens is 618 g/mol. The Labute approximate surface area is 310 Å². The Bertz CT molecular complexity index is 850. The van der Waals surface area contributed by atoms with Gasteiger partial charge in [-0.15, -0.1) is 0 Å². The normalized spacial score (nSPS) is 24.8. The van der Waals surface area contributed by atoms with E-state index in [1.807, 2.05) is 7.05 Å². The third-order valence-electron chi connectivity index (χ3n) is 10.6. The number of hydrogen-bond donors (Lipinski definition) is 1. The highest BCUT2D eigenvalue weighted by atomic mass is 16.8. The molecule has 2 heterocycles. The lowest BCUT2D eigenvalue weighted by Gasteiger charge is -2.31. The molecular formula is C45H81NO4. The lowest BCUT2D eigenvalue weighted by Crippen LogP contribution is -2.42. The molecule has 0 aromatic heterocycles. The maximum Gasteiger partial charge on any atom is 0.169 e. The van der Waals surface area contributed by atoms with Crippen LogP contribution in [0.3, 0.4) is 0 Å². The smallest absolute Gasteiger partial charge is 0.169 e. The zero-order valence-electron chi connectivity index (χ0n) is 33.3. The van der Waals surface area contributed by atoms with Gasteiger partial charge in [0.25, 0.3) is 0 Å². The van der Waals surface area contributed by atoms with Gasteiger partial charge in [-0.2, -0.15) is 0 Å². The Hall–Kier alpha value is -1.24. The molecule has 0 radical (unpaired) electrons. The van der Waals surface area contributed by atoms with E-state index in [2.05, 4.69) is 67.4 Å². The van der Waals surface area contributed by atoms with E-state index in [0.29, 0.717) is 6.54 Å². The van der Waals surface area contributed by atoms with Crippen molar-refractivity contribution >= 4 is 0 Å². The van der Waals surface area contributed by atoms with E-state index in [-0.39, 0.29) is 18.3 Å². The number of aliphatic hydroxyl groups is 1. The molecule has 4 atom stereocenters. The topological polar surface area (TPSA) is 51.2 Å². The summed E-state index contributed by atoms with van der Waals surface area (Å²) >= 11 is 0. The second-order valence-corrected chi connectivity index (χ2v) is 15.3. The number of unbranched alkanes of at least 4 members (excludes halogenated alkanes) is 18. The molecule has 0 saturated carbocycles. The van der Waals surface area contributed by atoms with Gasteiger partial charge >= 0.3 is 0 Å². The van der Waals surface area contributed by atoms with E-state index in [0.717, 1.165) is 45.1 Å². The molecule has 50 heavy (non-hydrogen) atoms. The van der Waals surface area contributed by atoms with Crippen molar-refractivity contribution in [3.05, 3.63) is 48.6 Å². The number of ether oxygens (including phenoxy) is 3. The minimum absolute atomic E-state index is 0.0873. The summed E-state index contributed by atoms with van der Waals surface area (Å²) in [5.74, 6) is -0.590. The molecule has 0 aromatic carbocycles. The maximum absolute atomic E-state index is 11.1. The van der Waals surface area contributed by atoms with Crippen molar-refractivity contribution in [2.24, 2.45) is 0 Å². The molecule has 2 rings (SSSR count). The number of aliphatic hydroxyl groups excluding tert-OH is 1. The van der Waals surface area contributed by atoms with Gasteiger partial charge in [0.2, 0.25) is 0 Å². The average Bonchev–Trinajstić information content (AvgIpc) is 3.45. The van der Waals surface area contributed by atoms with Gasteiger partial charge in [-0.05, 0) is 84.1 Å². The molecule has 0 aliphatic carbocycles. The van der Waals surface area contributed by atoms with Crippen LogP contribution in [0.15, 0.2) is 48.6 Å². The molecule has 0 spiro atoms. The van der Waals surface area contributed by atoms with Crippen LogP contribution in [0.4, 0.5) is 0 Å². The second kappa shape index (κ2) is 30.2. The first-order valence-electron chi connectivity index (χ1n) is 21.4. The Morgan fingerprint density at radius 1 is 0.560 bits per heavy atom. The van der Waals surface area contributed by atoms with E-state index in [4.69, 9.17) is 14.2 Å². The fourth-order valence-electron chi connectivity index (χ4n) is 7.49. The molecule has 4 unspecified atom stereocenters. The molecule has 2 aliphatic heterocycles. The van der Waals surface area contributed by atoms with Crippen molar-refractivity contribution in [2.75, 3.05) is 27.2 Å². The summed E-state index contributed by atoms with van der Waals surface area (Å²) in [7, 11) is 3.80. The standard InChI is InChI=1S/C45H81NO4/c1-5-7-9-11-13-15-17-19-21-23-25-27-29-31-33-35-37-45(49-43-41(47)39-46(3)40-42(48-4)44(43)50-45)38-36-34-32-30-28-26-24-22-20-18-16-14-12-10-8-6-2/h13-16,19-22,41-44,47H,5-12,17-18,23-40H2,1-4H3. The monoisotopic (exact) mass is 700 g/mol. The molecule has 1 N–H and O–H groups in total. The number of rotatable bonds is 31. The number of likely N-dealkylation sites (N-methyl/N-ethyl adjacent to an activating group) is 1. The minimum Gasteiger partial charge on any atom is -0.389 e. The van der Waals surface area contributed by atoms with Crippen LogP contribution in [-0.2, 0) is 14.2 Å². The van der Waals surface area contributed by atoms with Crippen molar-refractivity contribution < 1.29 is 19.3 Å². The van der Waals surface area contributed by atoms with Gasteiger partial charge in [0.1, 0.15) is 12.2 Å². The number of methoxy groups -OCH3 is 1. The zero-order chi connectivity index (χ0) is 36.0. The number of β-amino-alcohol motifs (C(OH)–C–C–N with tert-alkyl or cyclic N) is 1. The predicted molar refractivity (Wildman–Crippen MR) is 215 cm³/mol. The summed E-state index contributed by atoms with van der Waals surface area (Å²) in [6, 6.07) is 0. The summed E-state index contributed by atoms with van der Waals surface area (Å²) in [6.45, 7) is 5.87. The molecule has 2 aliphatic rings. The third-order valence-corrected chi connectivity index (χ3v) is 10.6. The predicted octanol–water partition coefficient (Wildman–Crippen LogP) is 12.2. The number of likely N-dealkylation sites (tertiary alicyclic amines) is 1. The number of allylic oxidation sites excluding steroid dienone is 8. The minimum atomic E-state index is -0.590. The van der Waals surface area contributed by atoms with Crippen LogP contribution in [0, 0.1) is 0 Å². The number of fused-ring (bicyclic) bond motifs is 1. The fourth-order valence-corrected chi connectivity index (χ4v) is 7.49. The molecule has 2 saturated heterocycles. The molecule has 0 bridgehead atoms. The van der Waals surface area contributed by atoms with E-state index < -0.39 is 11.9 Å². The van der Waals surface area contributed by atoms with Gasteiger partial charge in [-0.25, -0.2) is 0 Å². The molecule has 0 amide bonds. The lowest BCUT2D eigenvalue weighted by atomic mass is 9.98. The second-order valence-electron chi connectivity index (χ2n) is 15.3. The van der Waals surface area contributed by atoms with Gasteiger partial charge < -0.3 is 24.2 Å². The lowest BCUT2D eigenvalue weighted by molar-refractivity contribution is -0.202. The van der Waals surface area contributed by atoms with Crippen LogP contribution in [0.1, 0.15) is 181 Å². The van der Waals surface area contributed by atoms with Crippen molar-refractivity contribution in [3.63, 3.8) is 0 Å². The SMILES string of the molecule is CCCCCC=CCC=CCCCCCCCCC1(CCCCCCCCC=CCC=CCCCCC)OC2C(O)CN(C)CC(OC)C2O1. The molecule has 290 valence electrons. The number of hydrogen-bond acceptors (Lipinski definition) is 5. The van der Waals surface area contributed by atoms with Gasteiger partial charge in [0.05, 0.1) is 12.2 Å². The summed E-state index contributed by atoms with van der Waals surface area (Å²) in [5.41, 5.74) is 0. The average molecular weight is 700 g/mol. The van der Waals surface area contributed by atoms with E-state index >= 15 is 0 Å². The summed E-state index contributed by atoms with van der Waals surface area (Å²) < 4.78 is 19.5. The highest BCUT2D eigenvalue weighted by Gasteiger charge is 2.53. The quantitative estimate of drug-likeness (QED) is 0.0576. The highest BCUT2D eigenvalue weighted by molar-refractivity contribution is 4.98. The van der Waals surface area contributed by atoms with Crippen molar-refractivity contribution in [1.82, 2.24) is 4.90 Å². The molecule has 2 fully saturated rings. The maximum atomic E-state index is 11.1. The van der Waals surface area contributed by atoms with E-state index in [1.54, 1.807) is 7.11 Å². The van der Waals surface area contributed by atoms with Crippen LogP contribution in [0.2, 0.25) is 0 Å². The van der Waals surface area contributed by atoms with Gasteiger partial charge in [-0.1, -0.05) is 140 Å². The summed E-state index contributed by atoms with van der Waals surface area (Å²) in [4.78, 5) is 2.14. The Morgan fingerprint density at radius 3 is 1.40 bits per heavy atom.